The molecular weight excluding hydrogens is 290 g/mol. The molecule has 1 N–H and O–H groups in total. The first-order chi connectivity index (χ1) is 11.1. The molecule has 0 amide bonds. The van der Waals surface area contributed by atoms with Crippen molar-refractivity contribution in [2.45, 2.75) is 116 Å². The molecular formula is C19H39NO3. The van der Waals surface area contributed by atoms with Crippen LogP contribution in [0.1, 0.15) is 110 Å². The maximum atomic E-state index is 11.4. The summed E-state index contributed by atoms with van der Waals surface area (Å²) in [6, 6.07) is 0. The topological polar surface area (TPSA) is 63.4 Å². The maximum absolute atomic E-state index is 11.4. The summed E-state index contributed by atoms with van der Waals surface area (Å²) in [7, 11) is 0. The van der Waals surface area contributed by atoms with Crippen molar-refractivity contribution < 1.29 is 10.0 Å². The van der Waals surface area contributed by atoms with Crippen LogP contribution in [0.25, 0.3) is 0 Å². The zero-order chi connectivity index (χ0) is 17.4. The Morgan fingerprint density at radius 1 is 0.739 bits per heavy atom. The lowest BCUT2D eigenvalue weighted by Crippen LogP contribution is -2.42. The minimum absolute atomic E-state index is 0.226. The Labute approximate surface area is 143 Å². The van der Waals surface area contributed by atoms with Gasteiger partial charge in [0.05, 0.1) is 0 Å². The van der Waals surface area contributed by atoms with E-state index in [4.69, 9.17) is 0 Å². The van der Waals surface area contributed by atoms with E-state index >= 15 is 0 Å². The van der Waals surface area contributed by atoms with Gasteiger partial charge in [-0.05, 0) is 12.8 Å². The summed E-state index contributed by atoms with van der Waals surface area (Å²) in [4.78, 5) is 11.2. The average molecular weight is 330 g/mol. The van der Waals surface area contributed by atoms with E-state index in [0.29, 0.717) is 12.8 Å². The molecule has 4 heteroatoms. The molecule has 0 saturated carbocycles. The summed E-state index contributed by atoms with van der Waals surface area (Å²) in [6.45, 7) is 4.01. The fourth-order valence-electron chi connectivity index (χ4n) is 3.17. The van der Waals surface area contributed by atoms with Crippen LogP contribution in [0.3, 0.4) is 0 Å². The highest BCUT2D eigenvalue weighted by Gasteiger charge is 2.40. The molecule has 0 aliphatic heterocycles. The van der Waals surface area contributed by atoms with Crippen LogP contribution >= 0.6 is 0 Å². The van der Waals surface area contributed by atoms with Crippen LogP contribution in [-0.2, 0) is 0 Å². The number of nitrogens with zero attached hydrogens (tertiary/aromatic N) is 1. The molecule has 1 atom stereocenters. The largest absolute Gasteiger partial charge is 0.389 e. The van der Waals surface area contributed by atoms with Gasteiger partial charge in [-0.25, -0.2) is 0 Å². The van der Waals surface area contributed by atoms with E-state index in [9.17, 15) is 15.2 Å². The molecule has 0 aromatic rings. The molecule has 0 aromatic heterocycles. The normalized spacial score (nSPS) is 13.9. The molecule has 0 aliphatic carbocycles. The van der Waals surface area contributed by atoms with Crippen molar-refractivity contribution in [3.63, 3.8) is 0 Å². The van der Waals surface area contributed by atoms with Crippen LogP contribution in [0.2, 0.25) is 0 Å². The van der Waals surface area contributed by atoms with Crippen LogP contribution in [0.4, 0.5) is 0 Å². The Kier molecular flexibility index (Phi) is 14.5. The summed E-state index contributed by atoms with van der Waals surface area (Å²) in [5.74, 6) is 0. The molecule has 0 bridgehead atoms. The van der Waals surface area contributed by atoms with E-state index in [1.165, 1.54) is 51.4 Å². The van der Waals surface area contributed by atoms with E-state index in [1.807, 2.05) is 0 Å². The molecule has 0 rings (SSSR count). The molecule has 0 saturated heterocycles. The molecule has 1 unspecified atom stereocenters. The van der Waals surface area contributed by atoms with Crippen molar-refractivity contribution in [3.8, 4) is 0 Å². The SMILES string of the molecule is CCCCCCCCCCCCC(CO)(CCCCC)[N+](=O)[O-]. The third kappa shape index (κ3) is 10.7. The number of nitro groups is 1. The molecule has 0 heterocycles. The highest BCUT2D eigenvalue weighted by Crippen LogP contribution is 2.26. The van der Waals surface area contributed by atoms with E-state index < -0.39 is 5.54 Å². The first kappa shape index (κ1) is 22.4. The van der Waals surface area contributed by atoms with Gasteiger partial charge in [-0.15, -0.1) is 0 Å². The highest BCUT2D eigenvalue weighted by molar-refractivity contribution is 4.78. The van der Waals surface area contributed by atoms with Gasteiger partial charge < -0.3 is 5.11 Å². The van der Waals surface area contributed by atoms with Gasteiger partial charge >= 0.3 is 0 Å². The third-order valence-corrected chi connectivity index (χ3v) is 4.92. The molecule has 0 fully saturated rings. The molecule has 0 spiro atoms. The van der Waals surface area contributed by atoms with E-state index in [1.54, 1.807) is 0 Å². The molecule has 138 valence electrons. The van der Waals surface area contributed by atoms with Gasteiger partial charge in [0.1, 0.15) is 6.61 Å². The van der Waals surface area contributed by atoms with Gasteiger partial charge in [0.25, 0.3) is 0 Å². The number of aliphatic hydroxyl groups excluding tert-OH is 1. The second kappa shape index (κ2) is 14.9. The molecule has 0 radical (unpaired) electrons. The summed E-state index contributed by atoms with van der Waals surface area (Å²) in [5, 5.41) is 20.9. The number of unbranched alkanes of at least 4 members (excludes halogenated alkanes) is 11. The fraction of sp³-hybridized carbons (Fsp3) is 1.00. The van der Waals surface area contributed by atoms with Gasteiger partial charge in [-0.2, -0.15) is 0 Å². The van der Waals surface area contributed by atoms with Crippen molar-refractivity contribution in [1.82, 2.24) is 0 Å². The van der Waals surface area contributed by atoms with Gasteiger partial charge in [0.15, 0.2) is 0 Å². The Bertz CT molecular complexity index is 284. The van der Waals surface area contributed by atoms with Gasteiger partial charge in [0, 0.05) is 17.8 Å². The van der Waals surface area contributed by atoms with E-state index in [0.717, 1.165) is 32.1 Å². The highest BCUT2D eigenvalue weighted by atomic mass is 16.6. The molecule has 4 nitrogen and oxygen atoms in total. The predicted molar refractivity (Wildman–Crippen MR) is 97.4 cm³/mol. The number of hydrogen-bond acceptors (Lipinski definition) is 3. The van der Waals surface area contributed by atoms with Gasteiger partial charge in [-0.1, -0.05) is 84.5 Å². The maximum Gasteiger partial charge on any atom is 0.244 e. The number of rotatable bonds is 17. The fourth-order valence-corrected chi connectivity index (χ4v) is 3.17. The lowest BCUT2D eigenvalue weighted by atomic mass is 9.87. The van der Waals surface area contributed by atoms with E-state index in [2.05, 4.69) is 13.8 Å². The van der Waals surface area contributed by atoms with Gasteiger partial charge in [-0.3, -0.25) is 10.1 Å². The monoisotopic (exact) mass is 329 g/mol. The van der Waals surface area contributed by atoms with Gasteiger partial charge in [0.2, 0.25) is 5.54 Å². The lowest BCUT2D eigenvalue weighted by Gasteiger charge is -2.23. The standard InChI is InChI=1S/C19H39NO3/c1-3-5-7-8-9-10-11-12-13-15-17-19(18-21,20(22)23)16-14-6-4-2/h21H,3-18H2,1-2H3. The second-order valence-corrected chi connectivity index (χ2v) is 7.03. The minimum Gasteiger partial charge on any atom is -0.389 e. The number of aliphatic hydroxyl groups is 1. The molecule has 0 aliphatic rings. The van der Waals surface area contributed by atoms with Crippen molar-refractivity contribution in [3.05, 3.63) is 10.1 Å². The van der Waals surface area contributed by atoms with Crippen molar-refractivity contribution >= 4 is 0 Å². The Balaban J connectivity index is 3.80. The smallest absolute Gasteiger partial charge is 0.244 e. The molecule has 0 aromatic carbocycles. The zero-order valence-corrected chi connectivity index (χ0v) is 15.5. The third-order valence-electron chi connectivity index (χ3n) is 4.92. The van der Waals surface area contributed by atoms with Crippen LogP contribution in [0.5, 0.6) is 0 Å². The first-order valence-corrected chi connectivity index (χ1v) is 9.88. The van der Waals surface area contributed by atoms with Crippen molar-refractivity contribution in [1.29, 1.82) is 0 Å². The van der Waals surface area contributed by atoms with Crippen molar-refractivity contribution in [2.24, 2.45) is 0 Å². The minimum atomic E-state index is -1.09. The molecule has 23 heavy (non-hydrogen) atoms. The summed E-state index contributed by atoms with van der Waals surface area (Å²) >= 11 is 0. The summed E-state index contributed by atoms with van der Waals surface area (Å²) in [6.07, 6.45) is 16.2. The average Bonchev–Trinajstić information content (AvgIpc) is 2.54. The first-order valence-electron chi connectivity index (χ1n) is 9.88. The van der Waals surface area contributed by atoms with Crippen LogP contribution < -0.4 is 0 Å². The van der Waals surface area contributed by atoms with Crippen LogP contribution in [0, 0.1) is 10.1 Å². The lowest BCUT2D eigenvalue weighted by molar-refractivity contribution is -0.576. The number of hydrogen-bond donors (Lipinski definition) is 1. The Hall–Kier alpha value is -0.640. The van der Waals surface area contributed by atoms with Crippen LogP contribution in [0.15, 0.2) is 0 Å². The Morgan fingerprint density at radius 2 is 1.09 bits per heavy atom. The van der Waals surface area contributed by atoms with Crippen LogP contribution in [-0.4, -0.2) is 22.2 Å². The zero-order valence-electron chi connectivity index (χ0n) is 15.5. The Morgan fingerprint density at radius 3 is 1.48 bits per heavy atom. The van der Waals surface area contributed by atoms with Crippen molar-refractivity contribution in [2.75, 3.05) is 6.61 Å². The summed E-state index contributed by atoms with van der Waals surface area (Å²) < 4.78 is 0. The summed E-state index contributed by atoms with van der Waals surface area (Å²) in [5.41, 5.74) is -1.09. The quantitative estimate of drug-likeness (QED) is 0.206. The second-order valence-electron chi connectivity index (χ2n) is 7.03. The predicted octanol–water partition coefficient (Wildman–Crippen LogP) is 5.89. The van der Waals surface area contributed by atoms with E-state index in [-0.39, 0.29) is 11.5 Å².